The monoisotopic (exact) mass is 198 g/mol. The first-order chi connectivity index (χ1) is 6.77. The lowest BCUT2D eigenvalue weighted by Gasteiger charge is -2.26. The fourth-order valence-electron chi connectivity index (χ4n) is 2.18. The molecule has 14 heavy (non-hydrogen) atoms. The van der Waals surface area contributed by atoms with Crippen LogP contribution in [0.15, 0.2) is 0 Å². The van der Waals surface area contributed by atoms with E-state index in [1.54, 1.807) is 0 Å². The molecular formula is C10H18N2O2. The van der Waals surface area contributed by atoms with E-state index in [0.717, 1.165) is 39.0 Å². The van der Waals surface area contributed by atoms with Crippen LogP contribution in [0, 0.1) is 5.92 Å². The lowest BCUT2D eigenvalue weighted by atomic mass is 10.0. The second kappa shape index (κ2) is 4.28. The van der Waals surface area contributed by atoms with Crippen molar-refractivity contribution in [3.63, 3.8) is 0 Å². The van der Waals surface area contributed by atoms with Gasteiger partial charge >= 0.3 is 0 Å². The molecule has 0 bridgehead atoms. The van der Waals surface area contributed by atoms with Crippen molar-refractivity contribution in [2.75, 3.05) is 26.3 Å². The molecule has 2 N–H and O–H groups in total. The summed E-state index contributed by atoms with van der Waals surface area (Å²) >= 11 is 0. The van der Waals surface area contributed by atoms with Crippen LogP contribution in [0.25, 0.3) is 0 Å². The molecule has 0 aromatic heterocycles. The molecule has 0 aromatic rings. The third-order valence-electron chi connectivity index (χ3n) is 3.05. The zero-order valence-corrected chi connectivity index (χ0v) is 8.45. The van der Waals surface area contributed by atoms with Gasteiger partial charge < -0.3 is 15.4 Å². The summed E-state index contributed by atoms with van der Waals surface area (Å²) in [6.07, 6.45) is 2.93. The van der Waals surface area contributed by atoms with Crippen molar-refractivity contribution >= 4 is 5.91 Å². The van der Waals surface area contributed by atoms with Gasteiger partial charge in [-0.25, -0.2) is 0 Å². The van der Waals surface area contributed by atoms with E-state index >= 15 is 0 Å². The maximum atomic E-state index is 11.9. The molecule has 2 rings (SSSR count). The number of nitrogens with two attached hydrogens (primary N) is 1. The number of amides is 1. The standard InChI is InChI=1S/C10H18N2O2/c11-9-3-4-12(6-9)10(13)8-2-1-5-14-7-8/h8-9H,1-7,11H2/t8?,9-/m1/s1. The van der Waals surface area contributed by atoms with Gasteiger partial charge in [0.1, 0.15) is 0 Å². The number of carbonyl (C=O) groups excluding carboxylic acids is 1. The third kappa shape index (κ3) is 2.07. The smallest absolute Gasteiger partial charge is 0.228 e. The highest BCUT2D eigenvalue weighted by atomic mass is 16.5. The maximum Gasteiger partial charge on any atom is 0.228 e. The average molecular weight is 198 g/mol. The van der Waals surface area contributed by atoms with Gasteiger partial charge in [0.15, 0.2) is 0 Å². The highest BCUT2D eigenvalue weighted by Crippen LogP contribution is 2.19. The summed E-state index contributed by atoms with van der Waals surface area (Å²) in [6, 6.07) is 0.184. The van der Waals surface area contributed by atoms with Gasteiger partial charge in [-0.05, 0) is 19.3 Å². The van der Waals surface area contributed by atoms with E-state index in [-0.39, 0.29) is 17.9 Å². The van der Waals surface area contributed by atoms with Crippen molar-refractivity contribution in [3.05, 3.63) is 0 Å². The molecule has 1 amide bonds. The summed E-state index contributed by atoms with van der Waals surface area (Å²) in [5, 5.41) is 0. The summed E-state index contributed by atoms with van der Waals surface area (Å²) in [7, 11) is 0. The highest BCUT2D eigenvalue weighted by molar-refractivity contribution is 5.79. The van der Waals surface area contributed by atoms with E-state index < -0.39 is 0 Å². The first kappa shape index (κ1) is 9.93. The van der Waals surface area contributed by atoms with Gasteiger partial charge in [-0.3, -0.25) is 4.79 Å². The normalized spacial score (nSPS) is 33.4. The van der Waals surface area contributed by atoms with E-state index in [1.165, 1.54) is 0 Å². The molecule has 1 unspecified atom stereocenters. The first-order valence-electron chi connectivity index (χ1n) is 5.39. The van der Waals surface area contributed by atoms with Crippen LogP contribution in [0.1, 0.15) is 19.3 Å². The van der Waals surface area contributed by atoms with Crippen LogP contribution in [0.5, 0.6) is 0 Å². The Morgan fingerprint density at radius 1 is 1.43 bits per heavy atom. The second-order valence-corrected chi connectivity index (χ2v) is 4.25. The van der Waals surface area contributed by atoms with Crippen molar-refractivity contribution in [2.24, 2.45) is 11.7 Å². The van der Waals surface area contributed by atoms with Crippen molar-refractivity contribution in [1.29, 1.82) is 0 Å². The Balaban J connectivity index is 1.87. The largest absolute Gasteiger partial charge is 0.381 e. The number of rotatable bonds is 1. The molecule has 0 aromatic carbocycles. The van der Waals surface area contributed by atoms with Crippen molar-refractivity contribution in [2.45, 2.75) is 25.3 Å². The lowest BCUT2D eigenvalue weighted by molar-refractivity contribution is -0.138. The molecule has 0 saturated carbocycles. The summed E-state index contributed by atoms with van der Waals surface area (Å²) in [5.41, 5.74) is 5.77. The fraction of sp³-hybridized carbons (Fsp3) is 0.900. The lowest BCUT2D eigenvalue weighted by Crippen LogP contribution is -2.39. The van der Waals surface area contributed by atoms with Gasteiger partial charge in [0.25, 0.3) is 0 Å². The van der Waals surface area contributed by atoms with Crippen LogP contribution < -0.4 is 5.73 Å². The van der Waals surface area contributed by atoms with Gasteiger partial charge in [-0.1, -0.05) is 0 Å². The number of hydrogen-bond acceptors (Lipinski definition) is 3. The number of ether oxygens (including phenoxy) is 1. The summed E-state index contributed by atoms with van der Waals surface area (Å²) in [5.74, 6) is 0.340. The summed E-state index contributed by atoms with van der Waals surface area (Å²) in [6.45, 7) is 2.97. The van der Waals surface area contributed by atoms with Crippen LogP contribution in [-0.4, -0.2) is 43.2 Å². The zero-order valence-electron chi connectivity index (χ0n) is 8.45. The molecular weight excluding hydrogens is 180 g/mol. The van der Waals surface area contributed by atoms with E-state index in [1.807, 2.05) is 4.90 Å². The Bertz CT molecular complexity index is 207. The third-order valence-corrected chi connectivity index (χ3v) is 3.05. The van der Waals surface area contributed by atoms with Crippen molar-refractivity contribution in [3.8, 4) is 0 Å². The van der Waals surface area contributed by atoms with Crippen LogP contribution in [0.2, 0.25) is 0 Å². The molecule has 2 aliphatic rings. The van der Waals surface area contributed by atoms with Crippen LogP contribution in [0.3, 0.4) is 0 Å². The van der Waals surface area contributed by atoms with E-state index in [2.05, 4.69) is 0 Å². The molecule has 2 fully saturated rings. The first-order valence-corrected chi connectivity index (χ1v) is 5.39. The number of carbonyl (C=O) groups is 1. The molecule has 0 radical (unpaired) electrons. The van der Waals surface area contributed by atoms with Gasteiger partial charge in [0.05, 0.1) is 12.5 Å². The Hall–Kier alpha value is -0.610. The Morgan fingerprint density at radius 3 is 2.86 bits per heavy atom. The second-order valence-electron chi connectivity index (χ2n) is 4.25. The molecule has 0 aliphatic carbocycles. The predicted molar refractivity (Wildman–Crippen MR) is 52.7 cm³/mol. The zero-order chi connectivity index (χ0) is 9.97. The molecule has 2 atom stereocenters. The summed E-state index contributed by atoms with van der Waals surface area (Å²) < 4.78 is 5.31. The van der Waals surface area contributed by atoms with Crippen LogP contribution in [-0.2, 0) is 9.53 Å². The number of likely N-dealkylation sites (tertiary alicyclic amines) is 1. The van der Waals surface area contributed by atoms with Gasteiger partial charge in [0, 0.05) is 25.7 Å². The molecule has 4 heteroatoms. The van der Waals surface area contributed by atoms with Gasteiger partial charge in [-0.15, -0.1) is 0 Å². The Labute approximate surface area is 84.4 Å². The molecule has 80 valence electrons. The maximum absolute atomic E-state index is 11.9. The Morgan fingerprint density at radius 2 is 2.29 bits per heavy atom. The number of hydrogen-bond donors (Lipinski definition) is 1. The fourth-order valence-corrected chi connectivity index (χ4v) is 2.18. The summed E-state index contributed by atoms with van der Waals surface area (Å²) in [4.78, 5) is 13.8. The van der Waals surface area contributed by atoms with E-state index in [9.17, 15) is 4.79 Å². The minimum absolute atomic E-state index is 0.0917. The SMILES string of the molecule is N[C@@H]1CCN(C(=O)C2CCCOC2)C1. The highest BCUT2D eigenvalue weighted by Gasteiger charge is 2.30. The average Bonchev–Trinajstić information content (AvgIpc) is 2.65. The van der Waals surface area contributed by atoms with Crippen LogP contribution in [0.4, 0.5) is 0 Å². The number of nitrogens with zero attached hydrogens (tertiary/aromatic N) is 1. The van der Waals surface area contributed by atoms with E-state index in [4.69, 9.17) is 10.5 Å². The molecule has 2 aliphatic heterocycles. The van der Waals surface area contributed by atoms with Gasteiger partial charge in [0.2, 0.25) is 5.91 Å². The molecule has 2 heterocycles. The van der Waals surface area contributed by atoms with Gasteiger partial charge in [-0.2, -0.15) is 0 Å². The minimum atomic E-state index is 0.0917. The molecule has 4 nitrogen and oxygen atoms in total. The molecule has 2 saturated heterocycles. The van der Waals surface area contributed by atoms with Crippen LogP contribution >= 0.6 is 0 Å². The Kier molecular flexibility index (Phi) is 3.03. The minimum Gasteiger partial charge on any atom is -0.381 e. The van der Waals surface area contributed by atoms with Crippen molar-refractivity contribution < 1.29 is 9.53 Å². The predicted octanol–water partition coefficient (Wildman–Crippen LogP) is -0.0274. The van der Waals surface area contributed by atoms with E-state index in [0.29, 0.717) is 6.61 Å². The topological polar surface area (TPSA) is 55.6 Å². The quantitative estimate of drug-likeness (QED) is 0.644. The molecule has 0 spiro atoms. The van der Waals surface area contributed by atoms with Crippen molar-refractivity contribution in [1.82, 2.24) is 4.90 Å².